The maximum Gasteiger partial charge on any atom is 0.227 e. The number of hydrogen-bond donors (Lipinski definition) is 0. The molecule has 0 bridgehead atoms. The zero-order valence-electron chi connectivity index (χ0n) is 15.2. The minimum atomic E-state index is 0.202. The second-order valence-electron chi connectivity index (χ2n) is 6.78. The fourth-order valence-corrected chi connectivity index (χ4v) is 3.91. The highest BCUT2D eigenvalue weighted by Crippen LogP contribution is 2.31. The molecule has 0 spiro atoms. The Bertz CT molecular complexity index is 728. The normalized spacial score (nSPS) is 18.2. The first-order valence-electron chi connectivity index (χ1n) is 8.96. The SMILES string of the molecule is CCn1nc(C)c(CC(=O)N2CCCC[C@H]2c2cccn2C)c1C. The second kappa shape index (κ2) is 6.83. The molecule has 1 amide bonds. The number of likely N-dealkylation sites (tertiary alicyclic amines) is 1. The van der Waals surface area contributed by atoms with Crippen molar-refractivity contribution in [2.75, 3.05) is 6.54 Å². The third-order valence-electron chi connectivity index (χ3n) is 5.31. The average molecular weight is 328 g/mol. The van der Waals surface area contributed by atoms with Crippen molar-refractivity contribution in [3.05, 3.63) is 41.0 Å². The summed E-state index contributed by atoms with van der Waals surface area (Å²) in [4.78, 5) is 15.2. The lowest BCUT2D eigenvalue weighted by molar-refractivity contribution is -0.134. The van der Waals surface area contributed by atoms with Crippen LogP contribution in [-0.4, -0.2) is 31.7 Å². The number of amides is 1. The summed E-state index contributed by atoms with van der Waals surface area (Å²) in [5.74, 6) is 0.225. The van der Waals surface area contributed by atoms with Crippen molar-refractivity contribution in [2.45, 2.75) is 59.0 Å². The molecule has 0 aromatic carbocycles. The molecule has 2 aromatic rings. The topological polar surface area (TPSA) is 43.1 Å². The maximum absolute atomic E-state index is 13.1. The monoisotopic (exact) mass is 328 g/mol. The Balaban J connectivity index is 1.83. The van der Waals surface area contributed by atoms with Gasteiger partial charge in [-0.25, -0.2) is 0 Å². The molecule has 1 fully saturated rings. The molecule has 5 nitrogen and oxygen atoms in total. The Morgan fingerprint density at radius 2 is 2.12 bits per heavy atom. The summed E-state index contributed by atoms with van der Waals surface area (Å²) in [5, 5.41) is 4.55. The molecular weight excluding hydrogens is 300 g/mol. The van der Waals surface area contributed by atoms with Gasteiger partial charge in [-0.15, -0.1) is 0 Å². The van der Waals surface area contributed by atoms with E-state index in [0.29, 0.717) is 6.42 Å². The fourth-order valence-electron chi connectivity index (χ4n) is 3.91. The highest BCUT2D eigenvalue weighted by Gasteiger charge is 2.30. The molecule has 3 rings (SSSR count). The first-order valence-corrected chi connectivity index (χ1v) is 8.96. The van der Waals surface area contributed by atoms with Crippen LogP contribution in [0, 0.1) is 13.8 Å². The van der Waals surface area contributed by atoms with Crippen LogP contribution in [0.4, 0.5) is 0 Å². The number of carbonyl (C=O) groups excluding carboxylic acids is 1. The number of nitrogens with zero attached hydrogens (tertiary/aromatic N) is 4. The first kappa shape index (κ1) is 16.8. The number of carbonyl (C=O) groups is 1. The summed E-state index contributed by atoms with van der Waals surface area (Å²) in [6, 6.07) is 4.40. The van der Waals surface area contributed by atoms with Gasteiger partial charge in [-0.2, -0.15) is 5.10 Å². The van der Waals surface area contributed by atoms with Gasteiger partial charge in [0.2, 0.25) is 5.91 Å². The molecule has 2 aromatic heterocycles. The van der Waals surface area contributed by atoms with Crippen LogP contribution in [0.1, 0.15) is 54.9 Å². The van der Waals surface area contributed by atoms with E-state index in [1.165, 1.54) is 12.1 Å². The third-order valence-corrected chi connectivity index (χ3v) is 5.31. The maximum atomic E-state index is 13.1. The van der Waals surface area contributed by atoms with Gasteiger partial charge >= 0.3 is 0 Å². The van der Waals surface area contributed by atoms with Crippen molar-refractivity contribution < 1.29 is 4.79 Å². The number of piperidine rings is 1. The summed E-state index contributed by atoms with van der Waals surface area (Å²) < 4.78 is 4.13. The summed E-state index contributed by atoms with van der Waals surface area (Å²) in [5.41, 5.74) is 4.43. The smallest absolute Gasteiger partial charge is 0.227 e. The van der Waals surface area contributed by atoms with Crippen LogP contribution in [-0.2, 0) is 24.8 Å². The van der Waals surface area contributed by atoms with Crippen LogP contribution in [0.2, 0.25) is 0 Å². The van der Waals surface area contributed by atoms with Crippen molar-refractivity contribution in [1.82, 2.24) is 19.2 Å². The van der Waals surface area contributed by atoms with Crippen molar-refractivity contribution in [2.24, 2.45) is 7.05 Å². The Morgan fingerprint density at radius 1 is 1.33 bits per heavy atom. The van der Waals surface area contributed by atoms with Crippen LogP contribution < -0.4 is 0 Å². The van der Waals surface area contributed by atoms with Gasteiger partial charge in [0.15, 0.2) is 0 Å². The van der Waals surface area contributed by atoms with Crippen LogP contribution in [0.15, 0.2) is 18.3 Å². The lowest BCUT2D eigenvalue weighted by Gasteiger charge is -2.36. The lowest BCUT2D eigenvalue weighted by Crippen LogP contribution is -2.40. The second-order valence-corrected chi connectivity index (χ2v) is 6.78. The molecule has 3 heterocycles. The van der Waals surface area contributed by atoms with E-state index in [4.69, 9.17) is 0 Å². The number of hydrogen-bond acceptors (Lipinski definition) is 2. The van der Waals surface area contributed by atoms with Crippen LogP contribution in [0.3, 0.4) is 0 Å². The van der Waals surface area contributed by atoms with Crippen LogP contribution in [0.5, 0.6) is 0 Å². The van der Waals surface area contributed by atoms with E-state index < -0.39 is 0 Å². The van der Waals surface area contributed by atoms with Gasteiger partial charge in [0.1, 0.15) is 0 Å². The van der Waals surface area contributed by atoms with Gasteiger partial charge in [-0.3, -0.25) is 9.48 Å². The molecule has 0 unspecified atom stereocenters. The standard InChI is InChI=1S/C19H28N4O/c1-5-23-15(3)16(14(2)20-23)13-19(24)22-12-7-6-9-18(22)17-10-8-11-21(17)4/h8,10-11,18H,5-7,9,12-13H2,1-4H3/t18-/m0/s1. The number of rotatable bonds is 4. The molecule has 0 N–H and O–H groups in total. The zero-order valence-corrected chi connectivity index (χ0v) is 15.2. The molecule has 1 aliphatic heterocycles. The zero-order chi connectivity index (χ0) is 17.3. The van der Waals surface area contributed by atoms with Crippen molar-refractivity contribution in [3.8, 4) is 0 Å². The van der Waals surface area contributed by atoms with Gasteiger partial charge in [0.05, 0.1) is 18.2 Å². The van der Waals surface area contributed by atoms with Gasteiger partial charge < -0.3 is 9.47 Å². The average Bonchev–Trinajstić information content (AvgIpc) is 3.12. The largest absolute Gasteiger partial charge is 0.353 e. The van der Waals surface area contributed by atoms with E-state index >= 15 is 0 Å². The van der Waals surface area contributed by atoms with Crippen molar-refractivity contribution in [1.29, 1.82) is 0 Å². The van der Waals surface area contributed by atoms with Gasteiger partial charge in [0, 0.05) is 43.3 Å². The molecular formula is C19H28N4O. The Hall–Kier alpha value is -2.04. The van der Waals surface area contributed by atoms with E-state index in [-0.39, 0.29) is 11.9 Å². The lowest BCUT2D eigenvalue weighted by atomic mass is 9.98. The molecule has 0 radical (unpaired) electrons. The molecule has 1 atom stereocenters. The number of aromatic nitrogens is 3. The molecule has 0 aliphatic carbocycles. The Labute approximate surface area is 144 Å². The van der Waals surface area contributed by atoms with Gasteiger partial charge in [0.25, 0.3) is 0 Å². The molecule has 0 saturated carbocycles. The van der Waals surface area contributed by atoms with E-state index in [9.17, 15) is 4.79 Å². The van der Waals surface area contributed by atoms with E-state index in [2.05, 4.69) is 53.8 Å². The quantitative estimate of drug-likeness (QED) is 0.865. The third kappa shape index (κ3) is 2.99. The minimum Gasteiger partial charge on any atom is -0.353 e. The van der Waals surface area contributed by atoms with Gasteiger partial charge in [-0.05, 0) is 52.2 Å². The summed E-state index contributed by atoms with van der Waals surface area (Å²) in [6.45, 7) is 7.86. The molecule has 1 saturated heterocycles. The Kier molecular flexibility index (Phi) is 4.78. The summed E-state index contributed by atoms with van der Waals surface area (Å²) in [7, 11) is 2.06. The predicted octanol–water partition coefficient (Wildman–Crippen LogP) is 3.15. The molecule has 1 aliphatic rings. The highest BCUT2D eigenvalue weighted by atomic mass is 16.2. The van der Waals surface area contributed by atoms with Crippen molar-refractivity contribution >= 4 is 5.91 Å². The van der Waals surface area contributed by atoms with E-state index in [0.717, 1.165) is 42.9 Å². The number of aryl methyl sites for hydroxylation is 3. The molecule has 130 valence electrons. The fraction of sp³-hybridized carbons (Fsp3) is 0.579. The van der Waals surface area contributed by atoms with Crippen LogP contribution >= 0.6 is 0 Å². The highest BCUT2D eigenvalue weighted by molar-refractivity contribution is 5.80. The molecule has 24 heavy (non-hydrogen) atoms. The van der Waals surface area contributed by atoms with E-state index in [1.807, 2.05) is 11.6 Å². The van der Waals surface area contributed by atoms with Crippen molar-refractivity contribution in [3.63, 3.8) is 0 Å². The Morgan fingerprint density at radius 3 is 2.75 bits per heavy atom. The van der Waals surface area contributed by atoms with Gasteiger partial charge in [-0.1, -0.05) is 0 Å². The van der Waals surface area contributed by atoms with Crippen LogP contribution in [0.25, 0.3) is 0 Å². The predicted molar refractivity (Wildman–Crippen MR) is 94.8 cm³/mol. The minimum absolute atomic E-state index is 0.202. The van der Waals surface area contributed by atoms with E-state index in [1.54, 1.807) is 0 Å². The summed E-state index contributed by atoms with van der Waals surface area (Å²) in [6.07, 6.45) is 5.85. The molecule has 5 heteroatoms. The summed E-state index contributed by atoms with van der Waals surface area (Å²) >= 11 is 0. The first-order chi connectivity index (χ1) is 11.5.